The first-order chi connectivity index (χ1) is 13.8. The van der Waals surface area contributed by atoms with Gasteiger partial charge in [-0.25, -0.2) is 13.9 Å². The number of nitrogens with zero attached hydrogens (tertiary/aromatic N) is 1. The number of sulfonamides is 1. The van der Waals surface area contributed by atoms with Gasteiger partial charge in [0.15, 0.2) is 6.04 Å². The Morgan fingerprint density at radius 3 is 2.07 bits per heavy atom. The largest absolute Gasteiger partial charge is 0.368 e. The fraction of sp³-hybridized carbons (Fsp3) is 0.200. The Kier molecular flexibility index (Phi) is 7.64. The quantitative estimate of drug-likeness (QED) is 0.229. The number of hydroxylamine groups is 1. The normalized spacial score (nSPS) is 12.0. The van der Waals surface area contributed by atoms with Crippen LogP contribution in [-0.2, 0) is 24.3 Å². The van der Waals surface area contributed by atoms with Crippen molar-refractivity contribution >= 4 is 22.2 Å². The smallest absolute Gasteiger partial charge is 0.270 e. The van der Waals surface area contributed by atoms with Crippen molar-refractivity contribution in [2.75, 3.05) is 13.8 Å². The van der Waals surface area contributed by atoms with E-state index in [0.717, 1.165) is 11.1 Å². The number of rotatable bonds is 7. The van der Waals surface area contributed by atoms with Crippen LogP contribution in [0, 0.1) is 18.8 Å². The minimum atomic E-state index is -4.29. The summed E-state index contributed by atoms with van der Waals surface area (Å²) in [7, 11) is -3.09. The molecule has 2 aromatic rings. The van der Waals surface area contributed by atoms with Crippen molar-refractivity contribution in [1.29, 1.82) is 0 Å². The number of carbonyl (C=O) groups is 1. The molecule has 0 aromatic heterocycles. The van der Waals surface area contributed by atoms with Crippen molar-refractivity contribution in [3.8, 4) is 11.8 Å². The van der Waals surface area contributed by atoms with Crippen molar-refractivity contribution in [3.63, 3.8) is 0 Å². The summed E-state index contributed by atoms with van der Waals surface area (Å²) in [5, 5.41) is 8.74. The van der Waals surface area contributed by atoms with E-state index in [-0.39, 0.29) is 4.90 Å². The van der Waals surface area contributed by atoms with Gasteiger partial charge in [0.25, 0.3) is 5.91 Å². The van der Waals surface area contributed by atoms with Crippen molar-refractivity contribution < 1.29 is 28.0 Å². The molecule has 0 spiro atoms. The average Bonchev–Trinajstić information content (AvgIpc) is 2.73. The Morgan fingerprint density at radius 1 is 1.10 bits per heavy atom. The van der Waals surface area contributed by atoms with Crippen LogP contribution in [0.4, 0.5) is 0 Å². The van der Waals surface area contributed by atoms with Gasteiger partial charge in [0.1, 0.15) is 6.73 Å². The summed E-state index contributed by atoms with van der Waals surface area (Å²) in [6.07, 6.45) is 1.29. The summed E-state index contributed by atoms with van der Waals surface area (Å²) in [6, 6.07) is 11.3. The molecule has 0 aliphatic heterocycles. The predicted molar refractivity (Wildman–Crippen MR) is 104 cm³/mol. The van der Waals surface area contributed by atoms with Gasteiger partial charge in [-0.15, -0.1) is 0 Å². The zero-order valence-electron chi connectivity index (χ0n) is 15.7. The lowest BCUT2D eigenvalue weighted by atomic mass is 10.1. The van der Waals surface area contributed by atoms with Gasteiger partial charge in [0.2, 0.25) is 16.3 Å². The zero-order valence-corrected chi connectivity index (χ0v) is 16.6. The Balaban J connectivity index is 2.31. The molecule has 2 N–H and O–H groups in total. The first-order valence-electron chi connectivity index (χ1n) is 8.34. The maximum atomic E-state index is 12.8. The number of amides is 1. The number of ether oxygens (including phenoxy) is 1. The van der Waals surface area contributed by atoms with Crippen LogP contribution in [0.1, 0.15) is 16.7 Å². The molecular weight excluding hydrogens is 396 g/mol. The lowest BCUT2D eigenvalue weighted by Gasteiger charge is -2.24. The molecule has 0 saturated carbocycles. The molecule has 0 aliphatic rings. The highest BCUT2D eigenvalue weighted by atomic mass is 32.2. The number of benzene rings is 2. The first kappa shape index (κ1) is 22.3. The molecule has 29 heavy (non-hydrogen) atoms. The molecule has 0 fully saturated rings. The molecule has 9 heteroatoms. The molecule has 2 aromatic carbocycles. The fourth-order valence-electron chi connectivity index (χ4n) is 2.34. The van der Waals surface area contributed by atoms with Gasteiger partial charge in [-0.3, -0.25) is 14.8 Å². The number of carbonyl (C=O) groups excluding carboxylic acids is 2. The summed E-state index contributed by atoms with van der Waals surface area (Å²) in [5.74, 6) is 4.66. The highest BCUT2D eigenvalue weighted by molar-refractivity contribution is 7.89. The topological polar surface area (TPSA) is 113 Å². The summed E-state index contributed by atoms with van der Waals surface area (Å²) < 4.78 is 30.9. The van der Waals surface area contributed by atoms with Gasteiger partial charge in [-0.05, 0) is 43.3 Å². The minimum Gasteiger partial charge on any atom is -0.368 e. The molecule has 0 bridgehead atoms. The third kappa shape index (κ3) is 5.49. The summed E-state index contributed by atoms with van der Waals surface area (Å²) in [5.41, 5.74) is 3.75. The van der Waals surface area contributed by atoms with E-state index in [9.17, 15) is 18.0 Å². The van der Waals surface area contributed by atoms with E-state index in [1.165, 1.54) is 43.1 Å². The van der Waals surface area contributed by atoms with Crippen LogP contribution in [0.3, 0.4) is 0 Å². The van der Waals surface area contributed by atoms with E-state index >= 15 is 0 Å². The fourth-order valence-corrected chi connectivity index (χ4v) is 3.75. The Bertz CT molecular complexity index is 1020. The van der Waals surface area contributed by atoms with Crippen LogP contribution >= 0.6 is 0 Å². The number of nitrogens with one attached hydrogen (secondary N) is 1. The standard InChI is InChI=1S/C20H19N2O6S/c1-15-3-5-16(6-4-15)7-8-17-9-11-18(12-10-17)29(26,27)22(14-28-2)19(13-23)20(24)21-25/h3-6,9-12,19,25H,14H2,1-2H3,(H,21,24)/t19-/m0/s1. The molecule has 1 atom stereocenters. The maximum Gasteiger partial charge on any atom is 0.270 e. The molecule has 2 rings (SSSR count). The average molecular weight is 415 g/mol. The summed E-state index contributed by atoms with van der Waals surface area (Å²) in [6.45, 7) is 1.38. The summed E-state index contributed by atoms with van der Waals surface area (Å²) in [4.78, 5) is 22.6. The monoisotopic (exact) mass is 415 g/mol. The predicted octanol–water partition coefficient (Wildman–Crippen LogP) is 0.973. The van der Waals surface area contributed by atoms with Crippen LogP contribution in [0.2, 0.25) is 0 Å². The van der Waals surface area contributed by atoms with Gasteiger partial charge < -0.3 is 4.74 Å². The number of aryl methyl sites for hydroxylation is 1. The van der Waals surface area contributed by atoms with Crippen LogP contribution in [0.25, 0.3) is 0 Å². The molecule has 8 nitrogen and oxygen atoms in total. The van der Waals surface area contributed by atoms with Crippen LogP contribution in [0.15, 0.2) is 53.4 Å². The van der Waals surface area contributed by atoms with Gasteiger partial charge in [0.05, 0.1) is 4.90 Å². The zero-order chi connectivity index (χ0) is 21.4. The maximum absolute atomic E-state index is 12.8. The lowest BCUT2D eigenvalue weighted by Crippen LogP contribution is -2.50. The first-order valence-corrected chi connectivity index (χ1v) is 9.78. The minimum absolute atomic E-state index is 0.179. The molecule has 1 amide bonds. The van der Waals surface area contributed by atoms with Gasteiger partial charge in [-0.2, -0.15) is 4.31 Å². The van der Waals surface area contributed by atoms with Crippen molar-refractivity contribution in [2.45, 2.75) is 17.9 Å². The number of methoxy groups -OCH3 is 1. The highest BCUT2D eigenvalue weighted by Gasteiger charge is 2.36. The summed E-state index contributed by atoms with van der Waals surface area (Å²) >= 11 is 0. The van der Waals surface area contributed by atoms with Crippen LogP contribution in [-0.4, -0.2) is 50.0 Å². The second-order valence-electron chi connectivity index (χ2n) is 5.95. The molecule has 0 saturated heterocycles. The van der Waals surface area contributed by atoms with E-state index in [1.807, 2.05) is 31.2 Å². The van der Waals surface area contributed by atoms with Gasteiger partial charge in [0, 0.05) is 18.2 Å². The van der Waals surface area contributed by atoms with E-state index in [4.69, 9.17) is 9.94 Å². The second-order valence-corrected chi connectivity index (χ2v) is 7.84. The number of hydrogen-bond donors (Lipinski definition) is 2. The Morgan fingerprint density at radius 2 is 1.62 bits per heavy atom. The van der Waals surface area contributed by atoms with Gasteiger partial charge in [-0.1, -0.05) is 29.5 Å². The second kappa shape index (κ2) is 9.95. The van der Waals surface area contributed by atoms with E-state index in [2.05, 4.69) is 11.8 Å². The van der Waals surface area contributed by atoms with Crippen LogP contribution in [0.5, 0.6) is 0 Å². The number of hydrogen-bond acceptors (Lipinski definition) is 6. The van der Waals surface area contributed by atoms with Crippen molar-refractivity contribution in [1.82, 2.24) is 9.79 Å². The Labute approximate surface area is 169 Å². The third-order valence-corrected chi connectivity index (χ3v) is 5.68. The molecular formula is C20H19N2O6S. The SMILES string of the molecule is COCN([C@@H]([C]=O)C(=O)NO)S(=O)(=O)c1ccc(C#Cc2ccc(C)cc2)cc1. The molecule has 0 aliphatic carbocycles. The molecule has 1 radical (unpaired) electrons. The molecule has 0 heterocycles. The molecule has 151 valence electrons. The van der Waals surface area contributed by atoms with E-state index < -0.39 is 28.7 Å². The lowest BCUT2D eigenvalue weighted by molar-refractivity contribution is -0.132. The molecule has 0 unspecified atom stereocenters. The van der Waals surface area contributed by atoms with Crippen molar-refractivity contribution in [3.05, 3.63) is 65.2 Å². The van der Waals surface area contributed by atoms with Crippen LogP contribution < -0.4 is 5.48 Å². The van der Waals surface area contributed by atoms with Crippen molar-refractivity contribution in [2.24, 2.45) is 0 Å². The van der Waals surface area contributed by atoms with E-state index in [0.29, 0.717) is 9.87 Å². The van der Waals surface area contributed by atoms with Gasteiger partial charge >= 0.3 is 0 Å². The highest BCUT2D eigenvalue weighted by Crippen LogP contribution is 2.18. The Hall–Kier alpha value is -3.03. The van der Waals surface area contributed by atoms with E-state index in [1.54, 1.807) is 0 Å². The third-order valence-electron chi connectivity index (χ3n) is 3.88.